The molecule has 3 atom stereocenters. The Morgan fingerprint density at radius 3 is 2.48 bits per heavy atom. The monoisotopic (exact) mass is 326 g/mol. The molecule has 2 fully saturated rings. The van der Waals surface area contributed by atoms with Gasteiger partial charge in [0.1, 0.15) is 5.82 Å². The highest BCUT2D eigenvalue weighted by Crippen LogP contribution is 2.51. The Bertz CT molecular complexity index is 524. The molecular formula is C18H25F3N2. The first-order chi connectivity index (χ1) is 10.9. The number of halogens is 3. The molecule has 128 valence electrons. The second-order valence-electron chi connectivity index (χ2n) is 7.09. The number of benzene rings is 1. The molecule has 1 saturated carbocycles. The van der Waals surface area contributed by atoms with Crippen LogP contribution in [0.3, 0.4) is 0 Å². The van der Waals surface area contributed by atoms with E-state index in [9.17, 15) is 13.2 Å². The van der Waals surface area contributed by atoms with Gasteiger partial charge in [-0.3, -0.25) is 4.90 Å². The zero-order valence-electron chi connectivity index (χ0n) is 13.7. The summed E-state index contributed by atoms with van der Waals surface area (Å²) in [7, 11) is 0. The summed E-state index contributed by atoms with van der Waals surface area (Å²) in [5.41, 5.74) is 0.958. The largest absolute Gasteiger partial charge is 0.311 e. The maximum absolute atomic E-state index is 13.5. The van der Waals surface area contributed by atoms with Gasteiger partial charge < -0.3 is 5.32 Å². The van der Waals surface area contributed by atoms with Crippen molar-refractivity contribution in [3.8, 4) is 0 Å². The average molecular weight is 326 g/mol. The number of piperazine rings is 1. The molecule has 1 aliphatic carbocycles. The fourth-order valence-corrected chi connectivity index (χ4v) is 4.03. The highest BCUT2D eigenvalue weighted by Gasteiger charge is 2.51. The lowest BCUT2D eigenvalue weighted by Gasteiger charge is -2.50. The van der Waals surface area contributed by atoms with E-state index in [1.807, 2.05) is 0 Å². The zero-order valence-corrected chi connectivity index (χ0v) is 13.7. The molecule has 1 N–H and O–H groups in total. The van der Waals surface area contributed by atoms with Crippen LogP contribution in [0.25, 0.3) is 0 Å². The molecule has 1 saturated heterocycles. The predicted octanol–water partition coefficient (Wildman–Crippen LogP) is 3.98. The standard InChI is InChI=1S/C18H25F3N2/c1-3-16-10-22-12(2)11-23(16)17(14-8-18(20,21)9-14)13-4-6-15(19)7-5-13/h4-7,12,14,16-17,22H,3,8-11H2,1-2H3/t12-,16+,17?/m0/s1. The van der Waals surface area contributed by atoms with Gasteiger partial charge in [-0.1, -0.05) is 19.1 Å². The fourth-order valence-electron chi connectivity index (χ4n) is 4.03. The van der Waals surface area contributed by atoms with E-state index in [4.69, 9.17) is 0 Å². The molecule has 0 aromatic heterocycles. The Kier molecular flexibility index (Phi) is 4.70. The first-order valence-electron chi connectivity index (χ1n) is 8.52. The van der Waals surface area contributed by atoms with E-state index in [1.54, 1.807) is 12.1 Å². The van der Waals surface area contributed by atoms with Crippen LogP contribution in [-0.2, 0) is 0 Å². The number of nitrogens with zero attached hydrogens (tertiary/aromatic N) is 1. The van der Waals surface area contributed by atoms with Crippen molar-refractivity contribution < 1.29 is 13.2 Å². The third-order valence-corrected chi connectivity index (χ3v) is 5.26. The lowest BCUT2D eigenvalue weighted by atomic mass is 9.73. The van der Waals surface area contributed by atoms with Crippen LogP contribution in [0.5, 0.6) is 0 Å². The molecule has 1 heterocycles. The number of nitrogens with one attached hydrogen (secondary N) is 1. The van der Waals surface area contributed by atoms with E-state index in [0.717, 1.165) is 25.1 Å². The Labute approximate surface area is 136 Å². The minimum Gasteiger partial charge on any atom is -0.311 e. The highest BCUT2D eigenvalue weighted by atomic mass is 19.3. The number of hydrogen-bond donors (Lipinski definition) is 1. The van der Waals surface area contributed by atoms with Crippen molar-refractivity contribution in [3.63, 3.8) is 0 Å². The third kappa shape index (κ3) is 3.56. The first kappa shape index (κ1) is 16.8. The van der Waals surface area contributed by atoms with Crippen molar-refractivity contribution in [2.24, 2.45) is 5.92 Å². The molecule has 0 radical (unpaired) electrons. The number of hydrogen-bond acceptors (Lipinski definition) is 2. The van der Waals surface area contributed by atoms with Gasteiger partial charge in [-0.25, -0.2) is 13.2 Å². The van der Waals surface area contributed by atoms with Crippen LogP contribution in [0.1, 0.15) is 44.7 Å². The summed E-state index contributed by atoms with van der Waals surface area (Å²) >= 11 is 0. The molecule has 0 bridgehead atoms. The van der Waals surface area contributed by atoms with Crippen LogP contribution in [-0.4, -0.2) is 36.0 Å². The van der Waals surface area contributed by atoms with Crippen molar-refractivity contribution in [2.45, 2.75) is 57.2 Å². The van der Waals surface area contributed by atoms with Crippen LogP contribution >= 0.6 is 0 Å². The van der Waals surface area contributed by atoms with E-state index in [2.05, 4.69) is 24.1 Å². The second kappa shape index (κ2) is 6.44. The lowest BCUT2D eigenvalue weighted by molar-refractivity contribution is -0.138. The molecule has 1 aromatic carbocycles. The van der Waals surface area contributed by atoms with Gasteiger partial charge in [0.25, 0.3) is 0 Å². The van der Waals surface area contributed by atoms with Gasteiger partial charge in [-0.15, -0.1) is 0 Å². The topological polar surface area (TPSA) is 15.3 Å². The van der Waals surface area contributed by atoms with E-state index in [1.165, 1.54) is 12.1 Å². The minimum atomic E-state index is -2.54. The summed E-state index contributed by atoms with van der Waals surface area (Å²) in [6.07, 6.45) is 0.841. The van der Waals surface area contributed by atoms with Gasteiger partial charge >= 0.3 is 0 Å². The SMILES string of the molecule is CC[C@@H]1CN[C@@H](C)CN1C(c1ccc(F)cc1)C1CC(F)(F)C1. The molecule has 2 aliphatic rings. The molecule has 1 aromatic rings. The quantitative estimate of drug-likeness (QED) is 0.900. The minimum absolute atomic E-state index is 0.0512. The van der Waals surface area contributed by atoms with Gasteiger partial charge in [0.05, 0.1) is 0 Å². The summed E-state index contributed by atoms with van der Waals surface area (Å²) in [5, 5.41) is 3.47. The summed E-state index contributed by atoms with van der Waals surface area (Å²) in [6, 6.07) is 7.00. The molecule has 0 spiro atoms. The maximum Gasteiger partial charge on any atom is 0.248 e. The molecule has 0 amide bonds. The van der Waals surface area contributed by atoms with Gasteiger partial charge in [-0.05, 0) is 37.0 Å². The summed E-state index contributed by atoms with van der Waals surface area (Å²) in [4.78, 5) is 2.37. The average Bonchev–Trinajstić information content (AvgIpc) is 2.48. The summed E-state index contributed by atoms with van der Waals surface area (Å²) in [5.74, 6) is -2.88. The van der Waals surface area contributed by atoms with E-state index < -0.39 is 5.92 Å². The van der Waals surface area contributed by atoms with Crippen LogP contribution in [0, 0.1) is 11.7 Å². The number of rotatable bonds is 4. The predicted molar refractivity (Wildman–Crippen MR) is 85.1 cm³/mol. The molecule has 1 aliphatic heterocycles. The van der Waals surface area contributed by atoms with Gasteiger partial charge in [0, 0.05) is 44.1 Å². The molecule has 5 heteroatoms. The molecule has 23 heavy (non-hydrogen) atoms. The lowest BCUT2D eigenvalue weighted by Crippen LogP contribution is -2.58. The van der Waals surface area contributed by atoms with Crippen molar-refractivity contribution in [2.75, 3.05) is 13.1 Å². The van der Waals surface area contributed by atoms with Crippen molar-refractivity contribution in [1.82, 2.24) is 10.2 Å². The molecular weight excluding hydrogens is 301 g/mol. The van der Waals surface area contributed by atoms with Gasteiger partial charge in [-0.2, -0.15) is 0 Å². The van der Waals surface area contributed by atoms with Crippen LogP contribution < -0.4 is 5.32 Å². The Hall–Kier alpha value is -1.07. The van der Waals surface area contributed by atoms with Crippen molar-refractivity contribution >= 4 is 0 Å². The van der Waals surface area contributed by atoms with Crippen molar-refractivity contribution in [3.05, 3.63) is 35.6 Å². The van der Waals surface area contributed by atoms with Crippen molar-refractivity contribution in [1.29, 1.82) is 0 Å². The number of alkyl halides is 2. The molecule has 3 rings (SSSR count). The first-order valence-corrected chi connectivity index (χ1v) is 8.52. The van der Waals surface area contributed by atoms with E-state index >= 15 is 0 Å². The highest BCUT2D eigenvalue weighted by molar-refractivity contribution is 5.23. The smallest absolute Gasteiger partial charge is 0.248 e. The van der Waals surface area contributed by atoms with Crippen LogP contribution in [0.4, 0.5) is 13.2 Å². The second-order valence-corrected chi connectivity index (χ2v) is 7.09. The Morgan fingerprint density at radius 1 is 1.26 bits per heavy atom. The van der Waals surface area contributed by atoms with Crippen LogP contribution in [0.15, 0.2) is 24.3 Å². The van der Waals surface area contributed by atoms with Gasteiger partial charge in [0.15, 0.2) is 0 Å². The van der Waals surface area contributed by atoms with Crippen LogP contribution in [0.2, 0.25) is 0 Å². The van der Waals surface area contributed by atoms with E-state index in [0.29, 0.717) is 12.1 Å². The fraction of sp³-hybridized carbons (Fsp3) is 0.667. The Balaban J connectivity index is 1.89. The summed E-state index contributed by atoms with van der Waals surface area (Å²) in [6.45, 7) is 5.96. The Morgan fingerprint density at radius 2 is 1.91 bits per heavy atom. The molecule has 2 nitrogen and oxygen atoms in total. The maximum atomic E-state index is 13.5. The zero-order chi connectivity index (χ0) is 16.6. The third-order valence-electron chi connectivity index (χ3n) is 5.26. The van der Waals surface area contributed by atoms with E-state index in [-0.39, 0.29) is 30.6 Å². The molecule has 1 unspecified atom stereocenters. The summed E-state index contributed by atoms with van der Waals surface area (Å²) < 4.78 is 40.2. The van der Waals surface area contributed by atoms with Gasteiger partial charge in [0.2, 0.25) is 5.92 Å². The normalized spacial score (nSPS) is 30.0.